The number of hydrogen-bond acceptors (Lipinski definition) is 5. The summed E-state index contributed by atoms with van der Waals surface area (Å²) in [7, 11) is 3.35. The van der Waals surface area contributed by atoms with E-state index in [4.69, 9.17) is 4.74 Å². The van der Waals surface area contributed by atoms with E-state index in [-0.39, 0.29) is 24.3 Å². The Morgan fingerprint density at radius 2 is 1.71 bits per heavy atom. The van der Waals surface area contributed by atoms with Gasteiger partial charge in [0.1, 0.15) is 5.75 Å². The summed E-state index contributed by atoms with van der Waals surface area (Å²) < 4.78 is 5.29. The third-order valence-electron chi connectivity index (χ3n) is 4.62. The van der Waals surface area contributed by atoms with Gasteiger partial charge in [-0.1, -0.05) is 18.2 Å². The first-order valence-corrected chi connectivity index (χ1v) is 9.11. The highest BCUT2D eigenvalue weighted by Crippen LogP contribution is 2.26. The van der Waals surface area contributed by atoms with Crippen LogP contribution in [0.2, 0.25) is 0 Å². The summed E-state index contributed by atoms with van der Waals surface area (Å²) in [5.74, 6) is -0.460. The third kappa shape index (κ3) is 3.89. The maximum Gasteiger partial charge on any atom is 0.261 e. The van der Waals surface area contributed by atoms with Gasteiger partial charge in [-0.25, -0.2) is 0 Å². The van der Waals surface area contributed by atoms with Crippen LogP contribution in [0.15, 0.2) is 42.5 Å². The second-order valence-corrected chi connectivity index (χ2v) is 6.49. The van der Waals surface area contributed by atoms with Crippen LogP contribution in [0.25, 0.3) is 0 Å². The minimum atomic E-state index is -0.325. The summed E-state index contributed by atoms with van der Waals surface area (Å²) in [6.07, 6.45) is 0.805. The summed E-state index contributed by atoms with van der Waals surface area (Å²) in [6.45, 7) is 1.43. The van der Waals surface area contributed by atoms with Crippen LogP contribution >= 0.6 is 0 Å². The maximum absolute atomic E-state index is 12.6. The second-order valence-electron chi connectivity index (χ2n) is 6.49. The van der Waals surface area contributed by atoms with Gasteiger partial charge >= 0.3 is 0 Å². The molecule has 0 fully saturated rings. The van der Waals surface area contributed by atoms with E-state index in [1.165, 1.54) is 12.0 Å². The predicted octanol–water partition coefficient (Wildman–Crippen LogP) is 1.83. The number of imide groups is 1. The van der Waals surface area contributed by atoms with E-state index in [2.05, 4.69) is 10.6 Å². The third-order valence-corrected chi connectivity index (χ3v) is 4.62. The number of carbonyl (C=O) groups is 3. The Bertz CT molecular complexity index is 875. The van der Waals surface area contributed by atoms with E-state index < -0.39 is 0 Å². The first-order chi connectivity index (χ1) is 13.6. The highest BCUT2D eigenvalue weighted by atomic mass is 16.5. The van der Waals surface area contributed by atoms with Crippen LogP contribution in [-0.2, 0) is 6.54 Å². The molecular formula is C21H23N3O4. The Balaban J connectivity index is 1.77. The Hall–Kier alpha value is -3.19. The van der Waals surface area contributed by atoms with E-state index in [1.54, 1.807) is 42.5 Å². The number of amides is 3. The number of benzene rings is 2. The SMILES string of the molecule is CNCCCNC(=O)c1cc(CN2C(=O)c3ccccc3C2=O)ccc1OC. The van der Waals surface area contributed by atoms with Crippen LogP contribution in [0.1, 0.15) is 43.1 Å². The van der Waals surface area contributed by atoms with Gasteiger partial charge in [0.05, 0.1) is 30.3 Å². The molecule has 3 rings (SSSR count). The minimum absolute atomic E-state index is 0.0936. The molecule has 2 aromatic carbocycles. The highest BCUT2D eigenvalue weighted by Gasteiger charge is 2.35. The number of fused-ring (bicyclic) bond motifs is 1. The molecule has 7 heteroatoms. The number of hydrogen-bond donors (Lipinski definition) is 2. The van der Waals surface area contributed by atoms with Gasteiger partial charge in [-0.05, 0) is 49.8 Å². The number of methoxy groups -OCH3 is 1. The number of nitrogens with zero attached hydrogens (tertiary/aromatic N) is 1. The number of nitrogens with one attached hydrogen (secondary N) is 2. The fourth-order valence-corrected chi connectivity index (χ4v) is 3.16. The molecule has 2 N–H and O–H groups in total. The molecule has 0 unspecified atom stereocenters. The normalized spacial score (nSPS) is 12.9. The zero-order chi connectivity index (χ0) is 20.1. The molecule has 0 aliphatic carbocycles. The van der Waals surface area contributed by atoms with Crippen LogP contribution in [0.4, 0.5) is 0 Å². The van der Waals surface area contributed by atoms with Gasteiger partial charge in [-0.2, -0.15) is 0 Å². The van der Waals surface area contributed by atoms with Crippen molar-refractivity contribution in [1.29, 1.82) is 0 Å². The minimum Gasteiger partial charge on any atom is -0.496 e. The summed E-state index contributed by atoms with van der Waals surface area (Å²) >= 11 is 0. The van der Waals surface area contributed by atoms with Crippen molar-refractivity contribution in [3.63, 3.8) is 0 Å². The van der Waals surface area contributed by atoms with Gasteiger partial charge < -0.3 is 15.4 Å². The lowest BCUT2D eigenvalue weighted by Crippen LogP contribution is -2.30. The Labute approximate surface area is 163 Å². The Morgan fingerprint density at radius 1 is 1.04 bits per heavy atom. The lowest BCUT2D eigenvalue weighted by atomic mass is 10.1. The van der Waals surface area contributed by atoms with E-state index in [9.17, 15) is 14.4 Å². The Kier molecular flexibility index (Phi) is 6.06. The molecule has 0 aromatic heterocycles. The molecule has 0 atom stereocenters. The van der Waals surface area contributed by atoms with Crippen LogP contribution in [0, 0.1) is 0 Å². The molecule has 0 radical (unpaired) electrons. The monoisotopic (exact) mass is 381 g/mol. The fraction of sp³-hybridized carbons (Fsp3) is 0.286. The molecule has 7 nitrogen and oxygen atoms in total. The first kappa shape index (κ1) is 19.6. The lowest BCUT2D eigenvalue weighted by Gasteiger charge is -2.16. The molecule has 1 heterocycles. The van der Waals surface area contributed by atoms with Gasteiger partial charge in [0, 0.05) is 6.54 Å². The molecule has 2 aromatic rings. The molecule has 3 amide bonds. The quantitative estimate of drug-likeness (QED) is 0.538. The van der Waals surface area contributed by atoms with E-state index in [0.29, 0.717) is 34.5 Å². The molecule has 0 saturated heterocycles. The second kappa shape index (κ2) is 8.67. The zero-order valence-electron chi connectivity index (χ0n) is 16.0. The van der Waals surface area contributed by atoms with Gasteiger partial charge in [0.2, 0.25) is 0 Å². The summed E-state index contributed by atoms with van der Waals surface area (Å²) in [5.41, 5.74) is 1.86. The van der Waals surface area contributed by atoms with E-state index in [1.807, 2.05) is 7.05 Å². The standard InChI is InChI=1S/C21H23N3O4/c1-22-10-5-11-23-19(25)17-12-14(8-9-18(17)28-2)13-24-20(26)15-6-3-4-7-16(15)21(24)27/h3-4,6-9,12,22H,5,10-11,13H2,1-2H3,(H,23,25). The van der Waals surface area contributed by atoms with Crippen molar-refractivity contribution in [2.75, 3.05) is 27.2 Å². The van der Waals surface area contributed by atoms with Gasteiger partial charge in [-0.15, -0.1) is 0 Å². The summed E-state index contributed by atoms with van der Waals surface area (Å²) in [5, 5.41) is 5.88. The van der Waals surface area contributed by atoms with Crippen molar-refractivity contribution in [3.8, 4) is 5.75 Å². The van der Waals surface area contributed by atoms with Crippen molar-refractivity contribution in [1.82, 2.24) is 15.5 Å². The van der Waals surface area contributed by atoms with E-state index in [0.717, 1.165) is 13.0 Å². The number of carbonyl (C=O) groups excluding carboxylic acids is 3. The van der Waals surface area contributed by atoms with Gasteiger partial charge in [0.15, 0.2) is 0 Å². The average Bonchev–Trinajstić information content (AvgIpc) is 2.96. The van der Waals surface area contributed by atoms with Crippen LogP contribution in [0.5, 0.6) is 5.75 Å². The van der Waals surface area contributed by atoms with Crippen molar-refractivity contribution in [3.05, 3.63) is 64.7 Å². The number of ether oxygens (including phenoxy) is 1. The maximum atomic E-state index is 12.6. The lowest BCUT2D eigenvalue weighted by molar-refractivity contribution is 0.0642. The smallest absolute Gasteiger partial charge is 0.261 e. The molecule has 28 heavy (non-hydrogen) atoms. The van der Waals surface area contributed by atoms with Crippen molar-refractivity contribution in [2.45, 2.75) is 13.0 Å². The largest absolute Gasteiger partial charge is 0.496 e. The van der Waals surface area contributed by atoms with Gasteiger partial charge in [0.25, 0.3) is 17.7 Å². The molecule has 0 bridgehead atoms. The zero-order valence-corrected chi connectivity index (χ0v) is 16.0. The van der Waals surface area contributed by atoms with Crippen molar-refractivity contribution >= 4 is 17.7 Å². The molecular weight excluding hydrogens is 358 g/mol. The molecule has 0 saturated carbocycles. The molecule has 0 spiro atoms. The number of rotatable bonds is 8. The van der Waals surface area contributed by atoms with Crippen LogP contribution in [-0.4, -0.2) is 49.9 Å². The predicted molar refractivity (Wildman–Crippen MR) is 105 cm³/mol. The Morgan fingerprint density at radius 3 is 2.32 bits per heavy atom. The van der Waals surface area contributed by atoms with Crippen molar-refractivity contribution < 1.29 is 19.1 Å². The summed E-state index contributed by atoms with van der Waals surface area (Å²) in [6, 6.07) is 11.8. The van der Waals surface area contributed by atoms with Gasteiger partial charge in [-0.3, -0.25) is 19.3 Å². The van der Waals surface area contributed by atoms with Crippen LogP contribution in [0.3, 0.4) is 0 Å². The van der Waals surface area contributed by atoms with Crippen molar-refractivity contribution in [2.24, 2.45) is 0 Å². The fourth-order valence-electron chi connectivity index (χ4n) is 3.16. The summed E-state index contributed by atoms with van der Waals surface area (Å²) in [4.78, 5) is 38.8. The highest BCUT2D eigenvalue weighted by molar-refractivity contribution is 6.21. The topological polar surface area (TPSA) is 87.7 Å². The van der Waals surface area contributed by atoms with E-state index >= 15 is 0 Å². The van der Waals surface area contributed by atoms with Crippen LogP contribution < -0.4 is 15.4 Å². The first-order valence-electron chi connectivity index (χ1n) is 9.11. The molecule has 146 valence electrons. The molecule has 1 aliphatic rings. The average molecular weight is 381 g/mol. The molecule has 1 aliphatic heterocycles.